The maximum absolute atomic E-state index is 13.4. The fourth-order valence-electron chi connectivity index (χ4n) is 4.52. The van der Waals surface area contributed by atoms with Crippen LogP contribution in [0.3, 0.4) is 0 Å². The van der Waals surface area contributed by atoms with Crippen LogP contribution in [-0.2, 0) is 9.53 Å². The quantitative estimate of drug-likeness (QED) is 0.272. The second-order valence-corrected chi connectivity index (χ2v) is 10.7. The fraction of sp³-hybridized carbons (Fsp3) is 0.323. The number of carbonyl (C=O) groups is 3. The Balaban J connectivity index is 1.94. The fourth-order valence-corrected chi connectivity index (χ4v) is 4.52. The Bertz CT molecular complexity index is 1340. The molecular formula is C31H37N3O5. The summed E-state index contributed by atoms with van der Waals surface area (Å²) in [6.45, 7) is 12.8. The van der Waals surface area contributed by atoms with Crippen molar-refractivity contribution >= 4 is 29.3 Å². The first-order valence-corrected chi connectivity index (χ1v) is 12.8. The standard InChI is InChI=1S/C31H37N3O5/c1-18-15-19(2)26(20(3)16-18)34-30(38)32-25-17-23(22-11-9-8-10-12-22)13-14-24(25)28(35)33-27(29(36)37)21(4)39-31(5,6)7/h8-17,21,27H,1-7H3,(H,33,35)(H,36,37)(H2,32,34,38)/t21?,27-/m0/s1. The lowest BCUT2D eigenvalue weighted by Gasteiger charge is -2.29. The molecule has 1 unspecified atom stereocenters. The molecule has 0 aliphatic rings. The number of aryl methyl sites for hydroxylation is 3. The number of hydrogen-bond acceptors (Lipinski definition) is 4. The number of urea groups is 1. The van der Waals surface area contributed by atoms with Crippen molar-refractivity contribution < 1.29 is 24.2 Å². The summed E-state index contributed by atoms with van der Waals surface area (Å²) >= 11 is 0. The number of amides is 3. The lowest BCUT2D eigenvalue weighted by molar-refractivity contribution is -0.146. The van der Waals surface area contributed by atoms with Gasteiger partial charge in [0.2, 0.25) is 0 Å². The van der Waals surface area contributed by atoms with Gasteiger partial charge in [0.25, 0.3) is 5.91 Å². The van der Waals surface area contributed by atoms with Crippen LogP contribution < -0.4 is 16.0 Å². The molecule has 4 N–H and O–H groups in total. The number of benzene rings is 3. The van der Waals surface area contributed by atoms with E-state index in [1.807, 2.05) is 84.0 Å². The zero-order valence-electron chi connectivity index (χ0n) is 23.5. The number of ether oxygens (including phenoxy) is 1. The maximum atomic E-state index is 13.4. The van der Waals surface area contributed by atoms with Crippen molar-refractivity contribution in [3.05, 3.63) is 82.9 Å². The van der Waals surface area contributed by atoms with E-state index in [9.17, 15) is 19.5 Å². The van der Waals surface area contributed by atoms with Crippen LogP contribution in [0.15, 0.2) is 60.7 Å². The van der Waals surface area contributed by atoms with E-state index in [2.05, 4.69) is 16.0 Å². The third kappa shape index (κ3) is 7.91. The molecule has 3 rings (SSSR count). The van der Waals surface area contributed by atoms with E-state index in [0.717, 1.165) is 27.8 Å². The average molecular weight is 532 g/mol. The second-order valence-electron chi connectivity index (χ2n) is 10.7. The van der Waals surface area contributed by atoms with Crippen molar-refractivity contribution in [2.45, 2.75) is 66.2 Å². The van der Waals surface area contributed by atoms with Crippen molar-refractivity contribution in [2.24, 2.45) is 0 Å². The van der Waals surface area contributed by atoms with Gasteiger partial charge in [0, 0.05) is 5.69 Å². The average Bonchev–Trinajstić information content (AvgIpc) is 2.83. The van der Waals surface area contributed by atoms with Crippen LogP contribution in [0, 0.1) is 20.8 Å². The van der Waals surface area contributed by atoms with Gasteiger partial charge in [-0.3, -0.25) is 4.79 Å². The number of carboxylic acids is 1. The highest BCUT2D eigenvalue weighted by atomic mass is 16.5. The summed E-state index contributed by atoms with van der Waals surface area (Å²) in [6.07, 6.45) is -0.803. The number of rotatable bonds is 8. The Hall–Kier alpha value is -4.17. The van der Waals surface area contributed by atoms with Gasteiger partial charge in [-0.05, 0) is 82.9 Å². The van der Waals surface area contributed by atoms with E-state index in [4.69, 9.17) is 4.74 Å². The minimum Gasteiger partial charge on any atom is -0.480 e. The van der Waals surface area contributed by atoms with Crippen LogP contribution in [0.25, 0.3) is 11.1 Å². The Morgan fingerprint density at radius 3 is 2.03 bits per heavy atom. The third-order valence-electron chi connectivity index (χ3n) is 6.10. The summed E-state index contributed by atoms with van der Waals surface area (Å²) in [4.78, 5) is 38.5. The van der Waals surface area contributed by atoms with E-state index >= 15 is 0 Å². The summed E-state index contributed by atoms with van der Waals surface area (Å²) in [5.74, 6) is -1.87. The van der Waals surface area contributed by atoms with Crippen LogP contribution in [0.1, 0.15) is 54.7 Å². The number of anilines is 2. The predicted octanol–water partition coefficient (Wildman–Crippen LogP) is 6.31. The van der Waals surface area contributed by atoms with Gasteiger partial charge in [-0.25, -0.2) is 9.59 Å². The van der Waals surface area contributed by atoms with Crippen molar-refractivity contribution in [1.29, 1.82) is 0 Å². The second kappa shape index (κ2) is 12.1. The zero-order valence-corrected chi connectivity index (χ0v) is 23.5. The van der Waals surface area contributed by atoms with Gasteiger partial charge in [-0.2, -0.15) is 0 Å². The summed E-state index contributed by atoms with van der Waals surface area (Å²) in [6, 6.07) is 16.7. The number of nitrogens with one attached hydrogen (secondary N) is 3. The Morgan fingerprint density at radius 2 is 1.46 bits per heavy atom. The van der Waals surface area contributed by atoms with Gasteiger partial charge in [-0.15, -0.1) is 0 Å². The highest BCUT2D eigenvalue weighted by molar-refractivity contribution is 6.08. The SMILES string of the molecule is Cc1cc(C)c(NC(=O)Nc2cc(-c3ccccc3)ccc2C(=O)N[C@H](C(=O)O)C(C)OC(C)(C)C)c(C)c1. The van der Waals surface area contributed by atoms with Gasteiger partial charge >= 0.3 is 12.0 Å². The minimum atomic E-state index is -1.30. The Morgan fingerprint density at radius 1 is 0.846 bits per heavy atom. The van der Waals surface area contributed by atoms with Crippen molar-refractivity contribution in [2.75, 3.05) is 10.6 Å². The summed E-state index contributed by atoms with van der Waals surface area (Å²) in [5.41, 5.74) is 5.03. The number of carboxylic acid groups (broad SMARTS) is 1. The Kier molecular flexibility index (Phi) is 9.14. The predicted molar refractivity (Wildman–Crippen MR) is 154 cm³/mol. The molecule has 0 radical (unpaired) electrons. The highest BCUT2D eigenvalue weighted by Crippen LogP contribution is 2.27. The smallest absolute Gasteiger partial charge is 0.328 e. The van der Waals surface area contributed by atoms with Gasteiger partial charge in [0.15, 0.2) is 6.04 Å². The van der Waals surface area contributed by atoms with Crippen LogP contribution in [0.2, 0.25) is 0 Å². The van der Waals surface area contributed by atoms with Crippen molar-refractivity contribution in [3.8, 4) is 11.1 Å². The van der Waals surface area contributed by atoms with E-state index in [1.54, 1.807) is 25.1 Å². The highest BCUT2D eigenvalue weighted by Gasteiger charge is 2.31. The molecule has 0 heterocycles. The molecule has 3 aromatic rings. The summed E-state index contributed by atoms with van der Waals surface area (Å²) in [7, 11) is 0. The molecule has 0 saturated heterocycles. The van der Waals surface area contributed by atoms with E-state index in [1.165, 1.54) is 0 Å². The number of aliphatic carboxylic acids is 1. The zero-order chi connectivity index (χ0) is 28.9. The molecule has 0 aliphatic heterocycles. The molecule has 8 heteroatoms. The molecule has 0 spiro atoms. The van der Waals surface area contributed by atoms with Gasteiger partial charge in [-0.1, -0.05) is 54.1 Å². The third-order valence-corrected chi connectivity index (χ3v) is 6.10. The molecule has 0 aromatic heterocycles. The minimum absolute atomic E-state index is 0.122. The lowest BCUT2D eigenvalue weighted by atomic mass is 10.0. The normalized spacial score (nSPS) is 12.8. The summed E-state index contributed by atoms with van der Waals surface area (Å²) in [5, 5.41) is 18.1. The first-order valence-electron chi connectivity index (χ1n) is 12.8. The molecule has 0 fully saturated rings. The first kappa shape index (κ1) is 29.4. The van der Waals surface area contributed by atoms with E-state index < -0.39 is 35.7 Å². The van der Waals surface area contributed by atoms with E-state index in [0.29, 0.717) is 5.69 Å². The molecule has 2 atom stereocenters. The van der Waals surface area contributed by atoms with Gasteiger partial charge in [0.05, 0.1) is 23.0 Å². The number of carbonyl (C=O) groups excluding carboxylic acids is 2. The monoisotopic (exact) mass is 531 g/mol. The molecule has 39 heavy (non-hydrogen) atoms. The van der Waals surface area contributed by atoms with Crippen LogP contribution in [0.4, 0.5) is 16.2 Å². The molecule has 0 saturated carbocycles. The molecule has 0 aliphatic carbocycles. The van der Waals surface area contributed by atoms with Crippen LogP contribution >= 0.6 is 0 Å². The number of hydrogen-bond donors (Lipinski definition) is 4. The molecule has 0 bridgehead atoms. The molecule has 3 aromatic carbocycles. The largest absolute Gasteiger partial charge is 0.480 e. The lowest BCUT2D eigenvalue weighted by Crippen LogP contribution is -2.50. The first-order chi connectivity index (χ1) is 18.2. The van der Waals surface area contributed by atoms with Gasteiger partial charge < -0.3 is 25.8 Å². The molecular weight excluding hydrogens is 494 g/mol. The van der Waals surface area contributed by atoms with Gasteiger partial charge in [0.1, 0.15) is 0 Å². The van der Waals surface area contributed by atoms with Crippen LogP contribution in [0.5, 0.6) is 0 Å². The van der Waals surface area contributed by atoms with Crippen LogP contribution in [-0.4, -0.2) is 40.8 Å². The topological polar surface area (TPSA) is 117 Å². The van der Waals surface area contributed by atoms with Crippen molar-refractivity contribution in [3.63, 3.8) is 0 Å². The maximum Gasteiger partial charge on any atom is 0.328 e. The summed E-state index contributed by atoms with van der Waals surface area (Å²) < 4.78 is 5.79. The Labute approximate surface area is 229 Å². The van der Waals surface area contributed by atoms with Crippen molar-refractivity contribution in [1.82, 2.24) is 5.32 Å². The molecule has 3 amide bonds. The van der Waals surface area contributed by atoms with E-state index in [-0.39, 0.29) is 11.3 Å². The molecule has 206 valence electrons. The molecule has 8 nitrogen and oxygen atoms in total.